The molecule has 0 aromatic heterocycles. The van der Waals surface area contributed by atoms with E-state index in [-0.39, 0.29) is 11.8 Å². The van der Waals surface area contributed by atoms with Gasteiger partial charge in [0.25, 0.3) is 0 Å². The summed E-state index contributed by atoms with van der Waals surface area (Å²) in [6.45, 7) is 0.351. The van der Waals surface area contributed by atoms with E-state index in [0.29, 0.717) is 11.0 Å². The lowest BCUT2D eigenvalue weighted by atomic mass is 10.1. The first-order valence-corrected chi connectivity index (χ1v) is 7.06. The molecule has 0 aliphatic carbocycles. The van der Waals surface area contributed by atoms with E-state index in [2.05, 4.69) is 21.2 Å². The Labute approximate surface area is 123 Å². The summed E-state index contributed by atoms with van der Waals surface area (Å²) in [4.78, 5) is 0. The molecule has 0 saturated heterocycles. The van der Waals surface area contributed by atoms with Gasteiger partial charge in [0.1, 0.15) is 29.2 Å². The van der Waals surface area contributed by atoms with Gasteiger partial charge < -0.3 is 10.1 Å². The topological polar surface area (TPSA) is 21.3 Å². The molecule has 0 radical (unpaired) electrons. The second-order valence-corrected chi connectivity index (χ2v) is 5.59. The van der Waals surface area contributed by atoms with Crippen molar-refractivity contribution in [3.63, 3.8) is 0 Å². The first kappa shape index (κ1) is 13.4. The van der Waals surface area contributed by atoms with Gasteiger partial charge >= 0.3 is 0 Å². The van der Waals surface area contributed by atoms with E-state index in [1.54, 1.807) is 0 Å². The fraction of sp³-hybridized carbons (Fsp3) is 0.200. The lowest BCUT2D eigenvalue weighted by molar-refractivity contribution is 0.246. The number of para-hydroxylation sites is 1. The van der Waals surface area contributed by atoms with Crippen molar-refractivity contribution < 1.29 is 13.5 Å². The van der Waals surface area contributed by atoms with Crippen LogP contribution in [0, 0.1) is 11.6 Å². The van der Waals surface area contributed by atoms with Crippen molar-refractivity contribution >= 4 is 21.6 Å². The van der Waals surface area contributed by atoms with Crippen LogP contribution in [0.3, 0.4) is 0 Å². The molecule has 1 aliphatic rings. The Morgan fingerprint density at radius 3 is 2.60 bits per heavy atom. The standard InChI is InChI=1S/C15H12BrF2NO/c16-10-6-12(17)15(13(18)7-10)19-8-11-5-9-3-1-2-4-14(9)20-11/h1-4,6-7,11,19H,5,8H2. The summed E-state index contributed by atoms with van der Waals surface area (Å²) < 4.78 is 33.4. The molecule has 3 rings (SSSR count). The van der Waals surface area contributed by atoms with Gasteiger partial charge in [-0.1, -0.05) is 34.1 Å². The number of ether oxygens (including phenoxy) is 1. The summed E-state index contributed by atoms with van der Waals surface area (Å²) in [5.41, 5.74) is 1.00. The summed E-state index contributed by atoms with van der Waals surface area (Å²) in [6.07, 6.45) is 0.623. The molecule has 0 amide bonds. The highest BCUT2D eigenvalue weighted by molar-refractivity contribution is 9.10. The highest BCUT2D eigenvalue weighted by Gasteiger charge is 2.22. The highest BCUT2D eigenvalue weighted by Crippen LogP contribution is 2.29. The number of fused-ring (bicyclic) bond motifs is 1. The third-order valence-electron chi connectivity index (χ3n) is 3.23. The van der Waals surface area contributed by atoms with Gasteiger partial charge in [-0.3, -0.25) is 0 Å². The second-order valence-electron chi connectivity index (χ2n) is 4.68. The first-order chi connectivity index (χ1) is 9.63. The van der Waals surface area contributed by atoms with Gasteiger partial charge in [0.2, 0.25) is 0 Å². The molecule has 0 bridgehead atoms. The minimum atomic E-state index is -0.618. The normalized spacial score (nSPS) is 16.6. The van der Waals surface area contributed by atoms with Crippen LogP contribution in [-0.4, -0.2) is 12.6 Å². The smallest absolute Gasteiger partial charge is 0.150 e. The Balaban J connectivity index is 1.67. The van der Waals surface area contributed by atoms with E-state index in [1.807, 2.05) is 24.3 Å². The third-order valence-corrected chi connectivity index (χ3v) is 3.69. The van der Waals surface area contributed by atoms with Crippen molar-refractivity contribution in [2.24, 2.45) is 0 Å². The van der Waals surface area contributed by atoms with Gasteiger partial charge in [-0.2, -0.15) is 0 Å². The predicted molar refractivity (Wildman–Crippen MR) is 77.1 cm³/mol. The van der Waals surface area contributed by atoms with Crippen molar-refractivity contribution in [1.82, 2.24) is 0 Å². The van der Waals surface area contributed by atoms with Crippen LogP contribution in [0.5, 0.6) is 5.75 Å². The molecule has 0 spiro atoms. The average molecular weight is 340 g/mol. The van der Waals surface area contributed by atoms with E-state index in [9.17, 15) is 8.78 Å². The van der Waals surface area contributed by atoms with Gasteiger partial charge in [-0.05, 0) is 23.8 Å². The minimum absolute atomic E-state index is 0.116. The number of rotatable bonds is 3. The molecule has 1 aliphatic heterocycles. The molecule has 2 nitrogen and oxygen atoms in total. The van der Waals surface area contributed by atoms with Crippen molar-refractivity contribution in [1.29, 1.82) is 0 Å². The van der Waals surface area contributed by atoms with E-state index in [1.165, 1.54) is 12.1 Å². The third kappa shape index (κ3) is 2.63. The van der Waals surface area contributed by atoms with Crippen molar-refractivity contribution in [2.45, 2.75) is 12.5 Å². The molecule has 1 heterocycles. The van der Waals surface area contributed by atoms with Gasteiger partial charge in [0.15, 0.2) is 0 Å². The number of hydrogen-bond acceptors (Lipinski definition) is 2. The molecular formula is C15H12BrF2NO. The zero-order valence-electron chi connectivity index (χ0n) is 10.5. The molecule has 2 aromatic carbocycles. The molecule has 1 unspecified atom stereocenters. The van der Waals surface area contributed by atoms with Crippen molar-refractivity contribution in [2.75, 3.05) is 11.9 Å². The summed E-state index contributed by atoms with van der Waals surface area (Å²) in [5, 5.41) is 2.79. The summed E-state index contributed by atoms with van der Waals surface area (Å²) in [7, 11) is 0. The minimum Gasteiger partial charge on any atom is -0.488 e. The SMILES string of the molecule is Fc1cc(Br)cc(F)c1NCC1Cc2ccccc2O1. The largest absolute Gasteiger partial charge is 0.488 e. The average Bonchev–Trinajstić information content (AvgIpc) is 2.80. The number of nitrogens with one attached hydrogen (secondary N) is 1. The predicted octanol–water partition coefficient (Wildman–Crippen LogP) is 4.14. The molecule has 104 valence electrons. The molecule has 5 heteroatoms. The highest BCUT2D eigenvalue weighted by atomic mass is 79.9. The zero-order chi connectivity index (χ0) is 14.1. The fourth-order valence-electron chi connectivity index (χ4n) is 2.29. The van der Waals surface area contributed by atoms with E-state index < -0.39 is 11.6 Å². The lowest BCUT2D eigenvalue weighted by Crippen LogP contribution is -2.24. The van der Waals surface area contributed by atoms with Crippen molar-refractivity contribution in [3.05, 3.63) is 58.1 Å². The summed E-state index contributed by atoms with van der Waals surface area (Å²) in [5.74, 6) is -0.393. The Morgan fingerprint density at radius 2 is 1.90 bits per heavy atom. The van der Waals surface area contributed by atoms with Gasteiger partial charge in [-0.25, -0.2) is 8.78 Å². The quantitative estimate of drug-likeness (QED) is 0.907. The number of hydrogen-bond donors (Lipinski definition) is 1. The van der Waals surface area contributed by atoms with Gasteiger partial charge in [-0.15, -0.1) is 0 Å². The van der Waals surface area contributed by atoms with Gasteiger partial charge in [0, 0.05) is 10.9 Å². The molecule has 0 fully saturated rings. The maximum atomic E-state index is 13.7. The molecule has 1 N–H and O–H groups in total. The molecule has 20 heavy (non-hydrogen) atoms. The monoisotopic (exact) mass is 339 g/mol. The number of halogens is 3. The summed E-state index contributed by atoms with van der Waals surface area (Å²) in [6, 6.07) is 10.2. The van der Waals surface area contributed by atoms with Crippen LogP contribution in [0.25, 0.3) is 0 Å². The van der Waals surface area contributed by atoms with Crippen LogP contribution >= 0.6 is 15.9 Å². The Hall–Kier alpha value is -1.62. The van der Waals surface area contributed by atoms with Crippen LogP contribution < -0.4 is 10.1 Å². The Morgan fingerprint density at radius 1 is 1.20 bits per heavy atom. The van der Waals surface area contributed by atoms with Gasteiger partial charge in [0.05, 0.1) is 6.54 Å². The molecule has 0 saturated carbocycles. The van der Waals surface area contributed by atoms with Crippen LogP contribution in [0.2, 0.25) is 0 Å². The lowest BCUT2D eigenvalue weighted by Gasteiger charge is -2.14. The Kier molecular flexibility index (Phi) is 3.61. The van der Waals surface area contributed by atoms with Crippen LogP contribution in [0.4, 0.5) is 14.5 Å². The Bertz CT molecular complexity index is 600. The first-order valence-electron chi connectivity index (χ1n) is 6.26. The zero-order valence-corrected chi connectivity index (χ0v) is 12.1. The molecule has 2 aromatic rings. The maximum Gasteiger partial charge on any atom is 0.150 e. The molecule has 1 atom stereocenters. The van der Waals surface area contributed by atoms with Crippen LogP contribution in [0.15, 0.2) is 40.9 Å². The van der Waals surface area contributed by atoms with E-state index >= 15 is 0 Å². The second kappa shape index (κ2) is 5.40. The van der Waals surface area contributed by atoms with Crippen LogP contribution in [-0.2, 0) is 6.42 Å². The van der Waals surface area contributed by atoms with E-state index in [0.717, 1.165) is 17.7 Å². The number of benzene rings is 2. The summed E-state index contributed by atoms with van der Waals surface area (Å²) >= 11 is 3.05. The maximum absolute atomic E-state index is 13.7. The number of anilines is 1. The van der Waals surface area contributed by atoms with Crippen molar-refractivity contribution in [3.8, 4) is 5.75 Å². The van der Waals surface area contributed by atoms with Crippen LogP contribution in [0.1, 0.15) is 5.56 Å². The fourth-order valence-corrected chi connectivity index (χ4v) is 2.70. The van der Waals surface area contributed by atoms with E-state index in [4.69, 9.17) is 4.74 Å². The molecular weight excluding hydrogens is 328 g/mol.